The van der Waals surface area contributed by atoms with E-state index in [1.807, 2.05) is 12.1 Å². The van der Waals surface area contributed by atoms with Crippen molar-refractivity contribution in [2.75, 3.05) is 11.4 Å². The fourth-order valence-electron chi connectivity index (χ4n) is 3.01. The van der Waals surface area contributed by atoms with Crippen LogP contribution in [0, 0.1) is 6.92 Å². The molecule has 0 radical (unpaired) electrons. The van der Waals surface area contributed by atoms with Crippen LogP contribution >= 0.6 is 0 Å². The van der Waals surface area contributed by atoms with Crippen molar-refractivity contribution in [2.24, 2.45) is 0 Å². The van der Waals surface area contributed by atoms with E-state index in [0.29, 0.717) is 17.4 Å². The van der Waals surface area contributed by atoms with Gasteiger partial charge in [0.1, 0.15) is 10.6 Å². The number of hydrogen-bond acceptors (Lipinski definition) is 4. The Morgan fingerprint density at radius 2 is 1.92 bits per heavy atom. The summed E-state index contributed by atoms with van der Waals surface area (Å²) in [6.07, 6.45) is 4.12. The third kappa shape index (κ3) is 3.04. The SMILES string of the molecule is CCN1c2ccc(OS(=O)(=O)c3ccccc3C)cc2C=C[C@H]1C. The lowest BCUT2D eigenvalue weighted by atomic mass is 10.0. The number of nitrogens with zero attached hydrogens (tertiary/aromatic N) is 1. The van der Waals surface area contributed by atoms with Gasteiger partial charge in [0, 0.05) is 23.8 Å². The zero-order valence-electron chi connectivity index (χ0n) is 14.1. The van der Waals surface area contributed by atoms with Crippen molar-refractivity contribution in [2.45, 2.75) is 31.7 Å². The molecule has 0 aliphatic carbocycles. The van der Waals surface area contributed by atoms with Crippen molar-refractivity contribution in [1.82, 2.24) is 0 Å². The Labute approximate surface area is 143 Å². The van der Waals surface area contributed by atoms with Crippen molar-refractivity contribution in [3.05, 3.63) is 59.7 Å². The molecule has 0 aromatic heterocycles. The summed E-state index contributed by atoms with van der Waals surface area (Å²) in [6.45, 7) is 6.88. The second-order valence-corrected chi connectivity index (χ2v) is 7.42. The predicted octanol–water partition coefficient (Wildman–Crippen LogP) is 4.00. The summed E-state index contributed by atoms with van der Waals surface area (Å²) in [5.41, 5.74) is 2.72. The zero-order chi connectivity index (χ0) is 17.3. The Bertz CT molecular complexity index is 887. The standard InChI is InChI=1S/C19H21NO3S/c1-4-20-15(3)9-10-16-13-17(11-12-18(16)20)23-24(21,22)19-8-6-5-7-14(19)2/h5-13,15H,4H2,1-3H3/t15-/m1/s1. The minimum Gasteiger partial charge on any atom is -0.379 e. The molecule has 2 aromatic rings. The second-order valence-electron chi connectivity index (χ2n) is 5.91. The fraction of sp³-hybridized carbons (Fsp3) is 0.263. The van der Waals surface area contributed by atoms with E-state index in [1.165, 1.54) is 0 Å². The molecule has 1 aliphatic heterocycles. The van der Waals surface area contributed by atoms with Gasteiger partial charge in [-0.2, -0.15) is 8.42 Å². The lowest BCUT2D eigenvalue weighted by molar-refractivity contribution is 0.485. The summed E-state index contributed by atoms with van der Waals surface area (Å²) in [7, 11) is -3.84. The Kier molecular flexibility index (Phi) is 4.37. The molecule has 1 heterocycles. The average molecular weight is 343 g/mol. The van der Waals surface area contributed by atoms with E-state index < -0.39 is 10.1 Å². The molecule has 0 amide bonds. The van der Waals surface area contributed by atoms with E-state index in [9.17, 15) is 8.42 Å². The molecule has 126 valence electrons. The molecule has 0 N–H and O–H groups in total. The number of benzene rings is 2. The van der Waals surface area contributed by atoms with Crippen molar-refractivity contribution >= 4 is 21.9 Å². The van der Waals surface area contributed by atoms with E-state index in [-0.39, 0.29) is 4.90 Å². The van der Waals surface area contributed by atoms with Crippen molar-refractivity contribution < 1.29 is 12.6 Å². The van der Waals surface area contributed by atoms with Gasteiger partial charge < -0.3 is 9.08 Å². The lowest BCUT2D eigenvalue weighted by Gasteiger charge is -2.32. The van der Waals surface area contributed by atoms with Crippen molar-refractivity contribution in [1.29, 1.82) is 0 Å². The summed E-state index contributed by atoms with van der Waals surface area (Å²) in [5.74, 6) is 0.326. The Hall–Kier alpha value is -2.27. The van der Waals surface area contributed by atoms with E-state index in [1.54, 1.807) is 43.3 Å². The van der Waals surface area contributed by atoms with Crippen LogP contribution in [-0.4, -0.2) is 21.0 Å². The summed E-state index contributed by atoms with van der Waals surface area (Å²) in [6, 6.07) is 12.5. The monoisotopic (exact) mass is 343 g/mol. The Morgan fingerprint density at radius 3 is 2.62 bits per heavy atom. The first-order valence-corrected chi connectivity index (χ1v) is 9.42. The van der Waals surface area contributed by atoms with Crippen molar-refractivity contribution in [3.63, 3.8) is 0 Å². The number of anilines is 1. The van der Waals surface area contributed by atoms with Crippen LogP contribution in [0.4, 0.5) is 5.69 Å². The molecule has 2 aromatic carbocycles. The highest BCUT2D eigenvalue weighted by atomic mass is 32.2. The normalized spacial score (nSPS) is 16.8. The first-order chi connectivity index (χ1) is 11.4. The molecule has 0 spiro atoms. The van der Waals surface area contributed by atoms with Crippen LogP contribution in [0.5, 0.6) is 5.75 Å². The van der Waals surface area contributed by atoms with Gasteiger partial charge in [-0.05, 0) is 50.6 Å². The lowest BCUT2D eigenvalue weighted by Crippen LogP contribution is -2.33. The van der Waals surface area contributed by atoms with Gasteiger partial charge in [-0.25, -0.2) is 0 Å². The molecule has 0 bridgehead atoms. The maximum absolute atomic E-state index is 12.5. The third-order valence-corrected chi connectivity index (χ3v) is 5.67. The molecule has 0 unspecified atom stereocenters. The first-order valence-electron chi connectivity index (χ1n) is 8.01. The van der Waals surface area contributed by atoms with Crippen LogP contribution in [0.25, 0.3) is 6.08 Å². The van der Waals surface area contributed by atoms with Crippen LogP contribution < -0.4 is 9.08 Å². The third-order valence-electron chi connectivity index (χ3n) is 4.26. The van der Waals surface area contributed by atoms with E-state index >= 15 is 0 Å². The van der Waals surface area contributed by atoms with E-state index in [0.717, 1.165) is 17.8 Å². The van der Waals surface area contributed by atoms with Gasteiger partial charge in [-0.15, -0.1) is 0 Å². The molecule has 24 heavy (non-hydrogen) atoms. The van der Waals surface area contributed by atoms with Gasteiger partial charge in [0.25, 0.3) is 0 Å². The molecular formula is C19H21NO3S. The smallest absolute Gasteiger partial charge is 0.339 e. The number of likely N-dealkylation sites (N-methyl/N-ethyl adjacent to an activating group) is 1. The van der Waals surface area contributed by atoms with Crippen LogP contribution in [0.15, 0.2) is 53.4 Å². The van der Waals surface area contributed by atoms with Gasteiger partial charge in [0.15, 0.2) is 0 Å². The van der Waals surface area contributed by atoms with Gasteiger partial charge in [-0.1, -0.05) is 30.4 Å². The van der Waals surface area contributed by atoms with Crippen molar-refractivity contribution in [3.8, 4) is 5.75 Å². The minimum absolute atomic E-state index is 0.196. The fourth-order valence-corrected chi connectivity index (χ4v) is 4.17. The largest absolute Gasteiger partial charge is 0.379 e. The maximum atomic E-state index is 12.5. The Morgan fingerprint density at radius 1 is 1.17 bits per heavy atom. The molecule has 0 saturated carbocycles. The molecular weight excluding hydrogens is 322 g/mol. The molecule has 0 saturated heterocycles. The highest BCUT2D eigenvalue weighted by molar-refractivity contribution is 7.87. The number of fused-ring (bicyclic) bond motifs is 1. The predicted molar refractivity (Wildman–Crippen MR) is 97.0 cm³/mol. The van der Waals surface area contributed by atoms with Crippen LogP contribution in [0.2, 0.25) is 0 Å². The van der Waals surface area contributed by atoms with Gasteiger partial charge in [0.2, 0.25) is 0 Å². The maximum Gasteiger partial charge on any atom is 0.339 e. The highest BCUT2D eigenvalue weighted by Crippen LogP contribution is 2.33. The van der Waals surface area contributed by atoms with E-state index in [4.69, 9.17) is 4.18 Å². The second kappa shape index (κ2) is 6.32. The minimum atomic E-state index is -3.84. The summed E-state index contributed by atoms with van der Waals surface area (Å²) in [5, 5.41) is 0. The number of hydrogen-bond donors (Lipinski definition) is 0. The van der Waals surface area contributed by atoms with Gasteiger partial charge in [0.05, 0.1) is 0 Å². The van der Waals surface area contributed by atoms with E-state index in [2.05, 4.69) is 24.8 Å². The first kappa shape index (κ1) is 16.6. The summed E-state index contributed by atoms with van der Waals surface area (Å²) >= 11 is 0. The highest BCUT2D eigenvalue weighted by Gasteiger charge is 2.21. The summed E-state index contributed by atoms with van der Waals surface area (Å²) < 4.78 is 30.4. The number of rotatable bonds is 4. The number of aryl methyl sites for hydroxylation is 1. The van der Waals surface area contributed by atoms with Gasteiger partial charge in [-0.3, -0.25) is 0 Å². The van der Waals surface area contributed by atoms with Crippen LogP contribution in [0.1, 0.15) is 25.0 Å². The van der Waals surface area contributed by atoms with Crippen LogP contribution in [0.3, 0.4) is 0 Å². The molecule has 5 heteroatoms. The zero-order valence-corrected chi connectivity index (χ0v) is 14.9. The molecule has 1 atom stereocenters. The quantitative estimate of drug-likeness (QED) is 0.787. The molecule has 1 aliphatic rings. The topological polar surface area (TPSA) is 46.6 Å². The average Bonchev–Trinajstić information content (AvgIpc) is 2.55. The van der Waals surface area contributed by atoms with Gasteiger partial charge >= 0.3 is 10.1 Å². The molecule has 4 nitrogen and oxygen atoms in total. The Balaban J connectivity index is 1.93. The van der Waals surface area contributed by atoms with Crippen LogP contribution in [-0.2, 0) is 10.1 Å². The molecule has 3 rings (SSSR count). The summed E-state index contributed by atoms with van der Waals surface area (Å²) in [4.78, 5) is 2.46. The molecule has 0 fully saturated rings.